The number of aromatic nitrogens is 2. The molecule has 0 saturated carbocycles. The summed E-state index contributed by atoms with van der Waals surface area (Å²) >= 11 is 2.47. The van der Waals surface area contributed by atoms with E-state index in [0.717, 1.165) is 11.3 Å². The van der Waals surface area contributed by atoms with Crippen molar-refractivity contribution in [1.29, 1.82) is 0 Å². The molecule has 1 aromatic heterocycles. The molecule has 0 aliphatic carbocycles. The van der Waals surface area contributed by atoms with Crippen LogP contribution in [0.15, 0.2) is 57.8 Å². The first-order valence-electron chi connectivity index (χ1n) is 9.62. The molecule has 4 rings (SSSR count). The van der Waals surface area contributed by atoms with E-state index in [-0.39, 0.29) is 34.5 Å². The van der Waals surface area contributed by atoms with Gasteiger partial charge in [0.25, 0.3) is 5.91 Å². The lowest BCUT2D eigenvalue weighted by Crippen LogP contribution is -2.40. The third kappa shape index (κ3) is 5.33. The molecule has 2 heterocycles. The average molecular weight is 495 g/mol. The van der Waals surface area contributed by atoms with Gasteiger partial charge in [0, 0.05) is 24.4 Å². The zero-order chi connectivity index (χ0) is 22.6. The number of carbonyl (C=O) groups is 1. The number of morpholine rings is 1. The summed E-state index contributed by atoms with van der Waals surface area (Å²) in [7, 11) is -3.71. The molecule has 0 spiro atoms. The number of hydrogen-bond acceptors (Lipinski definition) is 8. The van der Waals surface area contributed by atoms with Crippen LogP contribution in [0.25, 0.3) is 0 Å². The Bertz CT molecular complexity index is 1210. The summed E-state index contributed by atoms with van der Waals surface area (Å²) in [6.07, 6.45) is 0. The van der Waals surface area contributed by atoms with Gasteiger partial charge in [-0.05, 0) is 29.8 Å². The van der Waals surface area contributed by atoms with Gasteiger partial charge in [0.15, 0.2) is 4.34 Å². The van der Waals surface area contributed by atoms with E-state index in [1.807, 2.05) is 0 Å². The number of ether oxygens (including phenoxy) is 1. The fourth-order valence-electron chi connectivity index (χ4n) is 2.98. The molecule has 0 bridgehead atoms. The second kappa shape index (κ2) is 10.0. The molecule has 1 amide bonds. The summed E-state index contributed by atoms with van der Waals surface area (Å²) < 4.78 is 46.5. The van der Waals surface area contributed by atoms with E-state index in [4.69, 9.17) is 4.74 Å². The SMILES string of the molecule is O=C(Nc1nnc(SCc2ccccc2F)s1)c1cccc(S(=O)(=O)N2CCOCC2)c1. The number of benzene rings is 2. The minimum absolute atomic E-state index is 0.0467. The molecule has 1 saturated heterocycles. The van der Waals surface area contributed by atoms with Crippen molar-refractivity contribution in [2.24, 2.45) is 0 Å². The molecule has 1 aliphatic heterocycles. The van der Waals surface area contributed by atoms with Crippen LogP contribution in [0.3, 0.4) is 0 Å². The second-order valence-electron chi connectivity index (χ2n) is 6.75. The van der Waals surface area contributed by atoms with Crippen LogP contribution in [0, 0.1) is 5.82 Å². The lowest BCUT2D eigenvalue weighted by Gasteiger charge is -2.26. The van der Waals surface area contributed by atoms with Crippen molar-refractivity contribution in [2.45, 2.75) is 15.0 Å². The van der Waals surface area contributed by atoms with Crippen molar-refractivity contribution in [2.75, 3.05) is 31.6 Å². The summed E-state index contributed by atoms with van der Waals surface area (Å²) in [6.45, 7) is 1.23. The van der Waals surface area contributed by atoms with Crippen LogP contribution >= 0.6 is 23.1 Å². The molecule has 0 unspecified atom stereocenters. The normalized spacial score (nSPS) is 14.9. The third-order valence-corrected chi connectivity index (χ3v) is 8.56. The first-order chi connectivity index (χ1) is 15.4. The predicted octanol–water partition coefficient (Wildman–Crippen LogP) is 3.24. The number of sulfonamides is 1. The van der Waals surface area contributed by atoms with Crippen LogP contribution < -0.4 is 5.32 Å². The topological polar surface area (TPSA) is 101 Å². The Labute approximate surface area is 192 Å². The van der Waals surface area contributed by atoms with E-state index in [9.17, 15) is 17.6 Å². The highest BCUT2D eigenvalue weighted by atomic mass is 32.2. The average Bonchev–Trinajstić information content (AvgIpc) is 3.26. The van der Waals surface area contributed by atoms with E-state index in [1.165, 1.54) is 46.4 Å². The van der Waals surface area contributed by atoms with Gasteiger partial charge in [-0.3, -0.25) is 10.1 Å². The van der Waals surface area contributed by atoms with Crippen LogP contribution in [-0.4, -0.2) is 55.1 Å². The van der Waals surface area contributed by atoms with Crippen LogP contribution in [0.1, 0.15) is 15.9 Å². The highest BCUT2D eigenvalue weighted by Crippen LogP contribution is 2.29. The molecular formula is C20H19FN4O4S3. The Balaban J connectivity index is 1.41. The van der Waals surface area contributed by atoms with Gasteiger partial charge in [0.2, 0.25) is 15.2 Å². The number of nitrogens with zero attached hydrogens (tertiary/aromatic N) is 3. The number of nitrogens with one attached hydrogen (secondary N) is 1. The molecular weight excluding hydrogens is 475 g/mol. The first-order valence-corrected chi connectivity index (χ1v) is 12.9. The number of carbonyl (C=O) groups excluding carboxylic acids is 1. The maximum Gasteiger partial charge on any atom is 0.257 e. The van der Waals surface area contributed by atoms with Gasteiger partial charge in [-0.25, -0.2) is 12.8 Å². The minimum Gasteiger partial charge on any atom is -0.379 e. The van der Waals surface area contributed by atoms with E-state index in [2.05, 4.69) is 15.5 Å². The second-order valence-corrected chi connectivity index (χ2v) is 10.9. The number of rotatable bonds is 7. The largest absolute Gasteiger partial charge is 0.379 e. The molecule has 1 N–H and O–H groups in total. The molecule has 0 atom stereocenters. The molecule has 2 aromatic carbocycles. The van der Waals surface area contributed by atoms with E-state index in [0.29, 0.717) is 28.9 Å². The summed E-state index contributed by atoms with van der Waals surface area (Å²) in [5, 5.41) is 10.9. The van der Waals surface area contributed by atoms with Gasteiger partial charge in [-0.15, -0.1) is 10.2 Å². The lowest BCUT2D eigenvalue weighted by atomic mass is 10.2. The summed E-state index contributed by atoms with van der Waals surface area (Å²) in [4.78, 5) is 12.7. The highest BCUT2D eigenvalue weighted by molar-refractivity contribution is 8.00. The third-order valence-electron chi connectivity index (χ3n) is 4.64. The Morgan fingerprint density at radius 3 is 2.72 bits per heavy atom. The van der Waals surface area contributed by atoms with Crippen LogP contribution in [0.4, 0.5) is 9.52 Å². The van der Waals surface area contributed by atoms with Crippen molar-refractivity contribution < 1.29 is 22.3 Å². The zero-order valence-corrected chi connectivity index (χ0v) is 19.2. The van der Waals surface area contributed by atoms with E-state index < -0.39 is 15.9 Å². The molecule has 32 heavy (non-hydrogen) atoms. The molecule has 1 fully saturated rings. The van der Waals surface area contributed by atoms with E-state index >= 15 is 0 Å². The molecule has 168 valence electrons. The Hall–Kier alpha value is -2.38. The molecule has 0 radical (unpaired) electrons. The Morgan fingerprint density at radius 2 is 1.94 bits per heavy atom. The van der Waals surface area contributed by atoms with Crippen LogP contribution in [0.2, 0.25) is 0 Å². The van der Waals surface area contributed by atoms with Crippen molar-refractivity contribution in [3.05, 3.63) is 65.5 Å². The van der Waals surface area contributed by atoms with Crippen molar-refractivity contribution in [3.8, 4) is 0 Å². The fourth-order valence-corrected chi connectivity index (χ4v) is 6.16. The van der Waals surface area contributed by atoms with Gasteiger partial charge < -0.3 is 4.74 Å². The first kappa shape index (κ1) is 22.8. The number of halogens is 1. The molecule has 8 nitrogen and oxygen atoms in total. The van der Waals surface area contributed by atoms with Gasteiger partial charge >= 0.3 is 0 Å². The fraction of sp³-hybridized carbons (Fsp3) is 0.250. The standard InChI is InChI=1S/C20H19FN4O4S3/c21-17-7-2-1-4-15(17)13-30-20-24-23-19(31-20)22-18(26)14-5-3-6-16(12-14)32(27,28)25-8-10-29-11-9-25/h1-7,12H,8-11,13H2,(H,22,23,26). The van der Waals surface area contributed by atoms with Gasteiger partial charge in [-0.1, -0.05) is 47.4 Å². The number of thioether (sulfide) groups is 1. The molecule has 1 aliphatic rings. The quantitative estimate of drug-likeness (QED) is 0.397. The number of anilines is 1. The highest BCUT2D eigenvalue weighted by Gasteiger charge is 2.27. The van der Waals surface area contributed by atoms with E-state index in [1.54, 1.807) is 18.2 Å². The number of hydrogen-bond donors (Lipinski definition) is 1. The Kier molecular flexibility index (Phi) is 7.16. The summed E-state index contributed by atoms with van der Waals surface area (Å²) in [6, 6.07) is 12.3. The summed E-state index contributed by atoms with van der Waals surface area (Å²) in [5.41, 5.74) is 0.742. The zero-order valence-electron chi connectivity index (χ0n) is 16.7. The lowest BCUT2D eigenvalue weighted by molar-refractivity contribution is 0.0730. The Morgan fingerprint density at radius 1 is 1.16 bits per heavy atom. The van der Waals surface area contributed by atoms with Crippen molar-refractivity contribution in [3.63, 3.8) is 0 Å². The van der Waals surface area contributed by atoms with Crippen LogP contribution in [-0.2, 0) is 20.5 Å². The van der Waals surface area contributed by atoms with Crippen molar-refractivity contribution >= 4 is 44.2 Å². The summed E-state index contributed by atoms with van der Waals surface area (Å²) in [5.74, 6) is -0.396. The predicted molar refractivity (Wildman–Crippen MR) is 120 cm³/mol. The maximum absolute atomic E-state index is 13.7. The van der Waals surface area contributed by atoms with Crippen molar-refractivity contribution in [1.82, 2.24) is 14.5 Å². The molecule has 3 aromatic rings. The smallest absolute Gasteiger partial charge is 0.257 e. The van der Waals surface area contributed by atoms with Gasteiger partial charge in [0.1, 0.15) is 5.82 Å². The maximum atomic E-state index is 13.7. The monoisotopic (exact) mass is 494 g/mol. The number of amides is 1. The minimum atomic E-state index is -3.71. The van der Waals surface area contributed by atoms with Gasteiger partial charge in [-0.2, -0.15) is 4.31 Å². The van der Waals surface area contributed by atoms with Gasteiger partial charge in [0.05, 0.1) is 18.1 Å². The van der Waals surface area contributed by atoms with Crippen LogP contribution in [0.5, 0.6) is 0 Å². The molecule has 12 heteroatoms.